The molecule has 5 nitrogen and oxygen atoms in total. The fourth-order valence-electron chi connectivity index (χ4n) is 2.40. The van der Waals surface area contributed by atoms with Crippen LogP contribution in [-0.4, -0.2) is 47.0 Å². The second-order valence-electron chi connectivity index (χ2n) is 5.08. The molecule has 0 aliphatic carbocycles. The first-order valence-electron chi connectivity index (χ1n) is 6.99. The quantitative estimate of drug-likeness (QED) is 0.887. The summed E-state index contributed by atoms with van der Waals surface area (Å²) in [5.41, 5.74) is 1.28. The van der Waals surface area contributed by atoms with Crippen LogP contribution in [0.15, 0.2) is 12.4 Å². The first-order valence-corrected chi connectivity index (χ1v) is 6.99. The lowest BCUT2D eigenvalue weighted by atomic mass is 9.97. The van der Waals surface area contributed by atoms with Crippen molar-refractivity contribution < 1.29 is 4.79 Å². The van der Waals surface area contributed by atoms with Gasteiger partial charge in [0.05, 0.1) is 11.9 Å². The zero-order valence-corrected chi connectivity index (χ0v) is 11.7. The van der Waals surface area contributed by atoms with Crippen molar-refractivity contribution in [2.75, 3.05) is 26.2 Å². The van der Waals surface area contributed by atoms with Gasteiger partial charge >= 0.3 is 0 Å². The number of carbonyl (C=O) groups is 1. The van der Waals surface area contributed by atoms with E-state index in [1.807, 2.05) is 18.7 Å². The number of nitrogens with one attached hydrogen (secondary N) is 1. The molecule has 1 aliphatic heterocycles. The summed E-state index contributed by atoms with van der Waals surface area (Å²) in [6.45, 7) is 7.54. The average molecular weight is 262 g/mol. The highest BCUT2D eigenvalue weighted by molar-refractivity contribution is 5.91. The Labute approximate surface area is 114 Å². The minimum atomic E-state index is -0.00599. The lowest BCUT2D eigenvalue weighted by Gasteiger charge is -2.29. The molecule has 1 saturated heterocycles. The van der Waals surface area contributed by atoms with E-state index < -0.39 is 0 Å². The number of amides is 1. The summed E-state index contributed by atoms with van der Waals surface area (Å²) in [6.07, 6.45) is 5.50. The lowest BCUT2D eigenvalue weighted by molar-refractivity contribution is 0.0720. The van der Waals surface area contributed by atoms with E-state index in [1.54, 1.807) is 12.4 Å². The summed E-state index contributed by atoms with van der Waals surface area (Å²) < 4.78 is 0. The summed E-state index contributed by atoms with van der Waals surface area (Å²) in [5, 5.41) is 3.35. The minimum absolute atomic E-state index is 0.00599. The molecule has 1 aliphatic rings. The molecule has 1 aromatic rings. The Bertz CT molecular complexity index is 412. The van der Waals surface area contributed by atoms with Gasteiger partial charge in [0.25, 0.3) is 5.91 Å². The van der Waals surface area contributed by atoms with Crippen molar-refractivity contribution in [1.29, 1.82) is 0 Å². The molecular formula is C14H22N4O. The van der Waals surface area contributed by atoms with Crippen LogP contribution in [0.5, 0.6) is 0 Å². The number of nitrogens with zero attached hydrogens (tertiary/aromatic N) is 3. The Kier molecular flexibility index (Phi) is 4.85. The molecule has 2 heterocycles. The number of hydrogen-bond donors (Lipinski definition) is 1. The number of rotatable bonds is 4. The van der Waals surface area contributed by atoms with Crippen molar-refractivity contribution in [3.8, 4) is 0 Å². The first-order chi connectivity index (χ1) is 9.20. The molecule has 1 amide bonds. The zero-order valence-electron chi connectivity index (χ0n) is 11.7. The monoisotopic (exact) mass is 262 g/mol. The van der Waals surface area contributed by atoms with E-state index in [4.69, 9.17) is 0 Å². The second kappa shape index (κ2) is 6.61. The van der Waals surface area contributed by atoms with Gasteiger partial charge in [0.1, 0.15) is 5.69 Å². The molecule has 1 N–H and O–H groups in total. The van der Waals surface area contributed by atoms with Crippen LogP contribution in [0.25, 0.3) is 0 Å². The molecule has 0 atom stereocenters. The van der Waals surface area contributed by atoms with Gasteiger partial charge in [0.2, 0.25) is 0 Å². The topological polar surface area (TPSA) is 58.1 Å². The maximum Gasteiger partial charge on any atom is 0.274 e. The smallest absolute Gasteiger partial charge is 0.274 e. The highest BCUT2D eigenvalue weighted by Gasteiger charge is 2.21. The van der Waals surface area contributed by atoms with E-state index in [9.17, 15) is 4.79 Å². The van der Waals surface area contributed by atoms with Crippen LogP contribution in [0.3, 0.4) is 0 Å². The van der Waals surface area contributed by atoms with Crippen LogP contribution in [-0.2, 0) is 0 Å². The largest absolute Gasteiger partial charge is 0.337 e. The van der Waals surface area contributed by atoms with E-state index in [0.717, 1.165) is 44.7 Å². The van der Waals surface area contributed by atoms with E-state index in [1.165, 1.54) is 0 Å². The molecule has 0 aromatic carbocycles. The Balaban J connectivity index is 1.99. The predicted molar refractivity (Wildman–Crippen MR) is 73.9 cm³/mol. The van der Waals surface area contributed by atoms with Crippen molar-refractivity contribution in [1.82, 2.24) is 20.2 Å². The van der Waals surface area contributed by atoms with Crippen LogP contribution < -0.4 is 5.32 Å². The average Bonchev–Trinajstić information content (AvgIpc) is 2.46. The van der Waals surface area contributed by atoms with Crippen molar-refractivity contribution in [2.24, 2.45) is 5.92 Å². The summed E-state index contributed by atoms with van der Waals surface area (Å²) in [4.78, 5) is 22.6. The summed E-state index contributed by atoms with van der Waals surface area (Å²) in [7, 11) is 0. The van der Waals surface area contributed by atoms with E-state index in [0.29, 0.717) is 11.6 Å². The van der Waals surface area contributed by atoms with Crippen LogP contribution in [0.4, 0.5) is 0 Å². The van der Waals surface area contributed by atoms with Gasteiger partial charge < -0.3 is 10.2 Å². The maximum atomic E-state index is 12.4. The fourth-order valence-corrected chi connectivity index (χ4v) is 2.40. The molecule has 0 saturated carbocycles. The molecule has 0 radical (unpaired) electrons. The first kappa shape index (κ1) is 13.9. The van der Waals surface area contributed by atoms with Gasteiger partial charge in [-0.05, 0) is 45.7 Å². The molecule has 19 heavy (non-hydrogen) atoms. The van der Waals surface area contributed by atoms with Crippen molar-refractivity contribution in [3.05, 3.63) is 23.8 Å². The Hall–Kier alpha value is -1.49. The van der Waals surface area contributed by atoms with Gasteiger partial charge in [-0.1, -0.05) is 0 Å². The summed E-state index contributed by atoms with van der Waals surface area (Å²) in [6, 6.07) is 0. The third-order valence-corrected chi connectivity index (χ3v) is 3.61. The maximum absolute atomic E-state index is 12.4. The Morgan fingerprint density at radius 3 is 2.68 bits per heavy atom. The second-order valence-corrected chi connectivity index (χ2v) is 5.08. The molecular weight excluding hydrogens is 240 g/mol. The molecule has 0 spiro atoms. The predicted octanol–water partition coefficient (Wildman–Crippen LogP) is 1.25. The molecule has 104 valence electrons. The molecule has 0 unspecified atom stereocenters. The zero-order chi connectivity index (χ0) is 13.7. The number of aryl methyl sites for hydroxylation is 1. The van der Waals surface area contributed by atoms with Crippen LogP contribution in [0.2, 0.25) is 0 Å². The molecule has 1 aromatic heterocycles. The normalized spacial score (nSPS) is 16.3. The van der Waals surface area contributed by atoms with Crippen LogP contribution in [0.1, 0.15) is 35.9 Å². The minimum Gasteiger partial charge on any atom is -0.337 e. The Morgan fingerprint density at radius 2 is 2.11 bits per heavy atom. The summed E-state index contributed by atoms with van der Waals surface area (Å²) in [5.74, 6) is 0.595. The van der Waals surface area contributed by atoms with Crippen LogP contribution >= 0.6 is 0 Å². The summed E-state index contributed by atoms with van der Waals surface area (Å²) >= 11 is 0. The Morgan fingerprint density at radius 1 is 1.37 bits per heavy atom. The van der Waals surface area contributed by atoms with Crippen molar-refractivity contribution in [2.45, 2.75) is 26.7 Å². The standard InChI is InChI=1S/C14H22N4O/c1-3-18(10-12-4-6-15-7-5-12)14(19)13-9-16-11(2)8-17-13/h8-9,12,15H,3-7,10H2,1-2H3. The highest BCUT2D eigenvalue weighted by Crippen LogP contribution is 2.14. The molecule has 1 fully saturated rings. The van der Waals surface area contributed by atoms with E-state index in [-0.39, 0.29) is 5.91 Å². The number of hydrogen-bond acceptors (Lipinski definition) is 4. The third kappa shape index (κ3) is 3.73. The van der Waals surface area contributed by atoms with Crippen LogP contribution in [0, 0.1) is 12.8 Å². The van der Waals surface area contributed by atoms with Gasteiger partial charge in [-0.2, -0.15) is 0 Å². The van der Waals surface area contributed by atoms with Gasteiger partial charge in [0.15, 0.2) is 0 Å². The fraction of sp³-hybridized carbons (Fsp3) is 0.643. The number of aromatic nitrogens is 2. The van der Waals surface area contributed by atoms with Crippen molar-refractivity contribution in [3.63, 3.8) is 0 Å². The van der Waals surface area contributed by atoms with E-state index >= 15 is 0 Å². The molecule has 2 rings (SSSR count). The van der Waals surface area contributed by atoms with Gasteiger partial charge in [0, 0.05) is 19.3 Å². The number of piperidine rings is 1. The van der Waals surface area contributed by atoms with Gasteiger partial charge in [-0.3, -0.25) is 9.78 Å². The SMILES string of the molecule is CCN(CC1CCNCC1)C(=O)c1cnc(C)cn1. The lowest BCUT2D eigenvalue weighted by Crippen LogP contribution is -2.39. The highest BCUT2D eigenvalue weighted by atomic mass is 16.2. The molecule has 5 heteroatoms. The van der Waals surface area contributed by atoms with E-state index in [2.05, 4.69) is 15.3 Å². The van der Waals surface area contributed by atoms with Crippen molar-refractivity contribution >= 4 is 5.91 Å². The number of carbonyl (C=O) groups excluding carboxylic acids is 1. The molecule has 0 bridgehead atoms. The van der Waals surface area contributed by atoms with Gasteiger partial charge in [-0.15, -0.1) is 0 Å². The third-order valence-electron chi connectivity index (χ3n) is 3.61. The van der Waals surface area contributed by atoms with Gasteiger partial charge in [-0.25, -0.2) is 4.98 Å².